The molecule has 0 saturated heterocycles. The number of halogens is 3. The molecule has 1 aliphatic rings. The molecule has 2 heterocycles. The quantitative estimate of drug-likeness (QED) is 0.311. The molecule has 0 unspecified atom stereocenters. The van der Waals surface area contributed by atoms with Gasteiger partial charge in [0.1, 0.15) is 10.8 Å². The zero-order chi connectivity index (χ0) is 24.6. The number of carbonyl (C=O) groups excluding carboxylic acids is 1. The van der Waals surface area contributed by atoms with Gasteiger partial charge in [-0.2, -0.15) is 18.4 Å². The number of hydrogen-bond donors (Lipinski definition) is 0. The van der Waals surface area contributed by atoms with E-state index in [-0.39, 0.29) is 24.5 Å². The van der Waals surface area contributed by atoms with Crippen LogP contribution in [0.2, 0.25) is 0 Å². The van der Waals surface area contributed by atoms with Crippen molar-refractivity contribution in [2.75, 3.05) is 0 Å². The third kappa shape index (κ3) is 5.41. The minimum Gasteiger partial charge on any atom is -0.424 e. The maximum atomic E-state index is 13.0. The summed E-state index contributed by atoms with van der Waals surface area (Å²) in [5.74, 6) is 0.480. The maximum absolute atomic E-state index is 13.0. The molecule has 0 aliphatic heterocycles. The Morgan fingerprint density at radius 3 is 2.60 bits per heavy atom. The van der Waals surface area contributed by atoms with Gasteiger partial charge in [-0.15, -0.1) is 21.5 Å². The SMILES string of the molecule is N#CC1(CC(=O)Cc2nnc(Cc3nc4ccc(Cc5cccc(C(F)(F)F)c5)cc4s3)o2)CC1. The van der Waals surface area contributed by atoms with Gasteiger partial charge in [-0.25, -0.2) is 4.98 Å². The van der Waals surface area contributed by atoms with Gasteiger partial charge in [-0.05, 0) is 48.6 Å². The first-order chi connectivity index (χ1) is 16.7. The third-order valence-corrected chi connectivity index (χ3v) is 6.96. The highest BCUT2D eigenvalue weighted by molar-refractivity contribution is 7.18. The molecule has 4 aromatic rings. The summed E-state index contributed by atoms with van der Waals surface area (Å²) in [6.07, 6.45) is -1.96. The third-order valence-electron chi connectivity index (χ3n) is 5.95. The number of Topliss-reactive ketones (excluding diaryl/α,β-unsaturated/α-hetero) is 1. The zero-order valence-corrected chi connectivity index (χ0v) is 19.2. The standard InChI is InChI=1S/C25H19F3N4O2S/c26-25(27,28)17-3-1-2-15(9-17)8-16-4-5-19-20(10-16)35-23(30-19)12-22-32-31-21(34-22)11-18(33)13-24(14-29)6-7-24/h1-5,9-10H,6-8,11-13H2. The number of nitrogens with zero attached hydrogens (tertiary/aromatic N) is 4. The number of aromatic nitrogens is 3. The van der Waals surface area contributed by atoms with Crippen molar-refractivity contribution >= 4 is 27.3 Å². The summed E-state index contributed by atoms with van der Waals surface area (Å²) in [5.41, 5.74) is 1.09. The van der Waals surface area contributed by atoms with Crippen LogP contribution in [-0.4, -0.2) is 21.0 Å². The Morgan fingerprint density at radius 1 is 1.09 bits per heavy atom. The van der Waals surface area contributed by atoms with Crippen LogP contribution < -0.4 is 0 Å². The fraction of sp³-hybridized carbons (Fsp3) is 0.320. The number of carbonyl (C=O) groups is 1. The zero-order valence-electron chi connectivity index (χ0n) is 18.4. The first-order valence-electron chi connectivity index (χ1n) is 11.0. The van der Waals surface area contributed by atoms with E-state index in [0.29, 0.717) is 24.3 Å². The Hall–Kier alpha value is -3.58. The number of benzene rings is 2. The van der Waals surface area contributed by atoms with Crippen molar-refractivity contribution in [2.45, 2.75) is 44.7 Å². The van der Waals surface area contributed by atoms with Crippen LogP contribution in [-0.2, 0) is 30.2 Å². The predicted molar refractivity (Wildman–Crippen MR) is 122 cm³/mol. The fourth-order valence-corrected chi connectivity index (χ4v) is 4.97. The normalized spacial score (nSPS) is 14.7. The molecule has 0 N–H and O–H groups in total. The molecule has 1 fully saturated rings. The molecule has 1 saturated carbocycles. The molecule has 178 valence electrons. The molecule has 35 heavy (non-hydrogen) atoms. The second-order valence-electron chi connectivity index (χ2n) is 8.84. The smallest absolute Gasteiger partial charge is 0.416 e. The van der Waals surface area contributed by atoms with Gasteiger partial charge < -0.3 is 4.42 Å². The minimum absolute atomic E-state index is 0.00910. The van der Waals surface area contributed by atoms with Crippen LogP contribution in [0.1, 0.15) is 52.7 Å². The van der Waals surface area contributed by atoms with E-state index in [1.165, 1.54) is 23.5 Å². The molecule has 2 aromatic heterocycles. The van der Waals surface area contributed by atoms with Gasteiger partial charge >= 0.3 is 6.18 Å². The van der Waals surface area contributed by atoms with Crippen molar-refractivity contribution in [3.63, 3.8) is 0 Å². The van der Waals surface area contributed by atoms with E-state index < -0.39 is 17.2 Å². The van der Waals surface area contributed by atoms with Gasteiger partial charge in [0.05, 0.1) is 40.1 Å². The van der Waals surface area contributed by atoms with E-state index in [9.17, 15) is 18.0 Å². The summed E-state index contributed by atoms with van der Waals surface area (Å²) < 4.78 is 45.5. The van der Waals surface area contributed by atoms with E-state index in [4.69, 9.17) is 9.68 Å². The predicted octanol–water partition coefficient (Wildman–Crippen LogP) is 5.69. The lowest BCUT2D eigenvalue weighted by molar-refractivity contribution is -0.137. The van der Waals surface area contributed by atoms with Crippen LogP contribution in [0, 0.1) is 16.7 Å². The number of fused-ring (bicyclic) bond motifs is 1. The first kappa shape index (κ1) is 23.2. The maximum Gasteiger partial charge on any atom is 0.416 e. The monoisotopic (exact) mass is 496 g/mol. The van der Waals surface area contributed by atoms with Crippen molar-refractivity contribution in [1.82, 2.24) is 15.2 Å². The molecule has 2 aromatic carbocycles. The molecule has 0 spiro atoms. The number of ketones is 1. The first-order valence-corrected chi connectivity index (χ1v) is 11.8. The van der Waals surface area contributed by atoms with Gasteiger partial charge in [0, 0.05) is 6.42 Å². The average Bonchev–Trinajstić information content (AvgIpc) is 3.25. The van der Waals surface area contributed by atoms with E-state index in [1.807, 2.05) is 18.2 Å². The summed E-state index contributed by atoms with van der Waals surface area (Å²) in [7, 11) is 0. The van der Waals surface area contributed by atoms with E-state index in [2.05, 4.69) is 21.3 Å². The van der Waals surface area contributed by atoms with Gasteiger partial charge in [-0.3, -0.25) is 4.79 Å². The summed E-state index contributed by atoms with van der Waals surface area (Å²) in [4.78, 5) is 16.8. The van der Waals surface area contributed by atoms with Gasteiger partial charge in [0.2, 0.25) is 11.8 Å². The lowest BCUT2D eigenvalue weighted by Crippen LogP contribution is -2.10. The molecule has 0 radical (unpaired) electrons. The average molecular weight is 497 g/mol. The number of nitriles is 1. The fourth-order valence-electron chi connectivity index (χ4n) is 3.94. The van der Waals surface area contributed by atoms with Gasteiger partial charge in [0.25, 0.3) is 0 Å². The van der Waals surface area contributed by atoms with Crippen LogP contribution in [0.3, 0.4) is 0 Å². The van der Waals surface area contributed by atoms with Gasteiger partial charge in [-0.1, -0.05) is 24.3 Å². The Balaban J connectivity index is 1.25. The lowest BCUT2D eigenvalue weighted by atomic mass is 10.00. The van der Waals surface area contributed by atoms with Crippen molar-refractivity contribution in [2.24, 2.45) is 5.41 Å². The number of rotatable bonds is 8. The highest BCUT2D eigenvalue weighted by Gasteiger charge is 2.44. The molecule has 0 amide bonds. The summed E-state index contributed by atoms with van der Waals surface area (Å²) in [6, 6.07) is 13.2. The van der Waals surface area contributed by atoms with Crippen LogP contribution in [0.5, 0.6) is 0 Å². The van der Waals surface area contributed by atoms with Crippen LogP contribution >= 0.6 is 11.3 Å². The molecule has 10 heteroatoms. The lowest BCUT2D eigenvalue weighted by Gasteiger charge is -2.08. The second-order valence-corrected chi connectivity index (χ2v) is 9.95. The molecular formula is C25H19F3N4O2S. The van der Waals surface area contributed by atoms with E-state index in [0.717, 1.165) is 39.7 Å². The Labute approximate surface area is 202 Å². The van der Waals surface area contributed by atoms with Crippen LogP contribution in [0.4, 0.5) is 13.2 Å². The minimum atomic E-state index is -4.37. The molecule has 0 bridgehead atoms. The van der Waals surface area contributed by atoms with Crippen molar-refractivity contribution < 1.29 is 22.4 Å². The number of hydrogen-bond acceptors (Lipinski definition) is 7. The highest BCUT2D eigenvalue weighted by atomic mass is 32.1. The largest absolute Gasteiger partial charge is 0.424 e. The Morgan fingerprint density at radius 2 is 1.86 bits per heavy atom. The Bertz CT molecular complexity index is 1450. The summed E-state index contributed by atoms with van der Waals surface area (Å²) >= 11 is 1.44. The highest BCUT2D eigenvalue weighted by Crippen LogP contribution is 2.48. The van der Waals surface area contributed by atoms with Crippen molar-refractivity contribution in [3.05, 3.63) is 75.9 Å². The van der Waals surface area contributed by atoms with Gasteiger partial charge in [0.15, 0.2) is 0 Å². The van der Waals surface area contributed by atoms with E-state index in [1.54, 1.807) is 6.07 Å². The second kappa shape index (κ2) is 8.89. The Kier molecular flexibility index (Phi) is 5.89. The molecule has 1 aliphatic carbocycles. The van der Waals surface area contributed by atoms with Crippen LogP contribution in [0.25, 0.3) is 10.2 Å². The van der Waals surface area contributed by atoms with Crippen molar-refractivity contribution in [3.8, 4) is 6.07 Å². The molecule has 0 atom stereocenters. The summed E-state index contributed by atoms with van der Waals surface area (Å²) in [5, 5.41) is 17.8. The summed E-state index contributed by atoms with van der Waals surface area (Å²) in [6.45, 7) is 0. The number of alkyl halides is 3. The topological polar surface area (TPSA) is 92.7 Å². The molecule has 5 rings (SSSR count). The van der Waals surface area contributed by atoms with Crippen LogP contribution in [0.15, 0.2) is 46.9 Å². The molecular weight excluding hydrogens is 477 g/mol. The van der Waals surface area contributed by atoms with Crippen molar-refractivity contribution in [1.29, 1.82) is 5.26 Å². The van der Waals surface area contributed by atoms with E-state index >= 15 is 0 Å². The number of thiazole rings is 1. The molecule has 6 nitrogen and oxygen atoms in total.